The molecule has 0 saturated heterocycles. The van der Waals surface area contributed by atoms with E-state index in [1.165, 1.54) is 0 Å². The Balaban J connectivity index is 3.13. The zero-order valence-electron chi connectivity index (χ0n) is 7.87. The Labute approximate surface area is 110 Å². The van der Waals surface area contributed by atoms with Gasteiger partial charge in [0, 0.05) is 8.95 Å². The zero-order valence-corrected chi connectivity index (χ0v) is 11.9. The molecule has 8 heteroatoms. The fraction of sp³-hybridized carbons (Fsp3) is 0.125. The highest BCUT2D eigenvalue weighted by atomic mass is 79.9. The van der Waals surface area contributed by atoms with Crippen LogP contribution >= 0.6 is 31.9 Å². The molecule has 0 aliphatic heterocycles. The van der Waals surface area contributed by atoms with Crippen LogP contribution < -0.4 is 10.5 Å². The van der Waals surface area contributed by atoms with Crippen molar-refractivity contribution >= 4 is 53.3 Å². The molecule has 0 heterocycles. The number of sulfonamides is 1. The predicted molar refractivity (Wildman–Crippen MR) is 69.3 cm³/mol. The number of nitrogens with two attached hydrogens (primary N) is 1. The van der Waals surface area contributed by atoms with E-state index >= 15 is 0 Å². The number of benzene rings is 1. The number of rotatable bonds is 3. The number of halogens is 2. The monoisotopic (exact) mass is 367 g/mol. The first-order valence-electron chi connectivity index (χ1n) is 3.97. The van der Waals surface area contributed by atoms with E-state index < -0.39 is 15.8 Å². The van der Waals surface area contributed by atoms with Crippen LogP contribution in [-0.4, -0.2) is 14.2 Å². The minimum absolute atomic E-state index is 0.235. The van der Waals surface area contributed by atoms with Crippen molar-refractivity contribution in [2.75, 3.05) is 16.2 Å². The Morgan fingerprint density at radius 3 is 2.56 bits per heavy atom. The largest absolute Gasteiger partial charge is 0.397 e. The Kier molecular flexibility index (Phi) is 4.18. The van der Waals surface area contributed by atoms with Crippen LogP contribution in [0, 0.1) is 11.3 Å². The summed E-state index contributed by atoms with van der Waals surface area (Å²) >= 11 is 6.40. The third kappa shape index (κ3) is 3.37. The molecule has 0 amide bonds. The highest BCUT2D eigenvalue weighted by Gasteiger charge is 2.14. The Bertz CT molecular complexity index is 528. The van der Waals surface area contributed by atoms with Crippen molar-refractivity contribution in [1.29, 1.82) is 5.26 Å². The second-order valence-corrected chi connectivity index (χ2v) is 6.36. The molecule has 0 aliphatic carbocycles. The summed E-state index contributed by atoms with van der Waals surface area (Å²) in [6.45, 7) is 0. The second-order valence-electron chi connectivity index (χ2n) is 2.87. The first-order chi connectivity index (χ1) is 7.35. The van der Waals surface area contributed by atoms with Gasteiger partial charge in [-0.15, -0.1) is 0 Å². The predicted octanol–water partition coefficient (Wildman–Crippen LogP) is 2.06. The van der Waals surface area contributed by atoms with Crippen molar-refractivity contribution in [3.63, 3.8) is 0 Å². The highest BCUT2D eigenvalue weighted by molar-refractivity contribution is 9.11. The van der Waals surface area contributed by atoms with Crippen molar-refractivity contribution in [3.05, 3.63) is 21.1 Å². The molecule has 1 aromatic rings. The lowest BCUT2D eigenvalue weighted by Crippen LogP contribution is -2.16. The fourth-order valence-electron chi connectivity index (χ4n) is 0.978. The molecule has 0 bridgehead atoms. The highest BCUT2D eigenvalue weighted by Crippen LogP contribution is 2.33. The number of nitriles is 1. The van der Waals surface area contributed by atoms with Gasteiger partial charge >= 0.3 is 0 Å². The molecule has 1 aromatic carbocycles. The normalized spacial score (nSPS) is 10.8. The van der Waals surface area contributed by atoms with Gasteiger partial charge in [-0.05, 0) is 28.1 Å². The molecule has 0 radical (unpaired) electrons. The molecule has 0 unspecified atom stereocenters. The van der Waals surface area contributed by atoms with Gasteiger partial charge in [0.2, 0.25) is 10.0 Å². The average molecular weight is 369 g/mol. The van der Waals surface area contributed by atoms with E-state index in [1.54, 1.807) is 18.2 Å². The zero-order chi connectivity index (χ0) is 12.3. The van der Waals surface area contributed by atoms with Gasteiger partial charge in [-0.3, -0.25) is 4.72 Å². The Morgan fingerprint density at radius 1 is 1.44 bits per heavy atom. The van der Waals surface area contributed by atoms with E-state index in [0.717, 1.165) is 4.47 Å². The van der Waals surface area contributed by atoms with E-state index in [-0.39, 0.29) is 11.4 Å². The average Bonchev–Trinajstić information content (AvgIpc) is 2.11. The van der Waals surface area contributed by atoms with Crippen LogP contribution in [0.25, 0.3) is 0 Å². The molecular formula is C8H7Br2N3O2S. The topological polar surface area (TPSA) is 96.0 Å². The summed E-state index contributed by atoms with van der Waals surface area (Å²) in [6, 6.07) is 4.78. The van der Waals surface area contributed by atoms with E-state index in [1.807, 2.05) is 0 Å². The maximum absolute atomic E-state index is 11.4. The molecule has 86 valence electrons. The standard InChI is InChI=1S/C8H7Br2N3O2S/c9-5-3-6(10)8(7(12)4-5)13-16(14,15)2-1-11/h3-4,13H,2,12H2. The summed E-state index contributed by atoms with van der Waals surface area (Å²) in [5, 5.41) is 8.34. The third-order valence-electron chi connectivity index (χ3n) is 1.60. The minimum Gasteiger partial charge on any atom is -0.397 e. The molecular weight excluding hydrogens is 362 g/mol. The summed E-state index contributed by atoms with van der Waals surface area (Å²) in [5.41, 5.74) is 6.16. The number of hydrogen-bond acceptors (Lipinski definition) is 4. The minimum atomic E-state index is -3.68. The van der Waals surface area contributed by atoms with Crippen LogP contribution in [0.5, 0.6) is 0 Å². The van der Waals surface area contributed by atoms with Gasteiger partial charge in [0.1, 0.15) is 0 Å². The van der Waals surface area contributed by atoms with Crippen molar-refractivity contribution in [3.8, 4) is 6.07 Å². The van der Waals surface area contributed by atoms with E-state index in [9.17, 15) is 8.42 Å². The van der Waals surface area contributed by atoms with Crippen LogP contribution in [-0.2, 0) is 10.0 Å². The van der Waals surface area contributed by atoms with E-state index in [0.29, 0.717) is 4.47 Å². The Hall–Kier alpha value is -0.780. The molecule has 1 rings (SSSR count). The smallest absolute Gasteiger partial charge is 0.246 e. The molecule has 3 N–H and O–H groups in total. The summed E-state index contributed by atoms with van der Waals surface area (Å²) in [7, 11) is -3.68. The van der Waals surface area contributed by atoms with Crippen molar-refractivity contribution in [1.82, 2.24) is 0 Å². The van der Waals surface area contributed by atoms with Crippen molar-refractivity contribution < 1.29 is 8.42 Å². The van der Waals surface area contributed by atoms with Gasteiger partial charge in [0.15, 0.2) is 5.75 Å². The summed E-state index contributed by atoms with van der Waals surface area (Å²) in [5.74, 6) is -0.616. The lowest BCUT2D eigenvalue weighted by molar-refractivity contribution is 0.604. The van der Waals surface area contributed by atoms with Crippen molar-refractivity contribution in [2.24, 2.45) is 0 Å². The first-order valence-corrected chi connectivity index (χ1v) is 7.21. The molecule has 0 saturated carbocycles. The van der Waals surface area contributed by atoms with Gasteiger partial charge in [-0.2, -0.15) is 5.26 Å². The lowest BCUT2D eigenvalue weighted by atomic mass is 10.3. The molecule has 5 nitrogen and oxygen atoms in total. The van der Waals surface area contributed by atoms with Crippen LogP contribution in [0.1, 0.15) is 0 Å². The van der Waals surface area contributed by atoms with Crippen LogP contribution in [0.2, 0.25) is 0 Å². The van der Waals surface area contributed by atoms with Gasteiger partial charge in [0.25, 0.3) is 0 Å². The summed E-state index contributed by atoms with van der Waals surface area (Å²) in [6.07, 6.45) is 0. The van der Waals surface area contributed by atoms with Crippen LogP contribution in [0.15, 0.2) is 21.1 Å². The molecule has 0 aromatic heterocycles. The number of anilines is 2. The number of nitrogens with one attached hydrogen (secondary N) is 1. The molecule has 0 atom stereocenters. The lowest BCUT2D eigenvalue weighted by Gasteiger charge is -2.10. The van der Waals surface area contributed by atoms with Gasteiger partial charge in [-0.25, -0.2) is 8.42 Å². The second kappa shape index (κ2) is 5.03. The summed E-state index contributed by atoms with van der Waals surface area (Å²) < 4.78 is 26.2. The van der Waals surface area contributed by atoms with Gasteiger partial charge < -0.3 is 5.73 Å². The SMILES string of the molecule is N#CCS(=O)(=O)Nc1c(N)cc(Br)cc1Br. The maximum atomic E-state index is 11.4. The molecule has 16 heavy (non-hydrogen) atoms. The van der Waals surface area contributed by atoms with E-state index in [2.05, 4.69) is 36.6 Å². The number of nitrogen functional groups attached to an aromatic ring is 1. The number of nitrogens with zero attached hydrogens (tertiary/aromatic N) is 1. The van der Waals surface area contributed by atoms with Crippen molar-refractivity contribution in [2.45, 2.75) is 0 Å². The van der Waals surface area contributed by atoms with Gasteiger partial charge in [-0.1, -0.05) is 15.9 Å². The fourth-order valence-corrected chi connectivity index (χ4v) is 3.25. The van der Waals surface area contributed by atoms with E-state index in [4.69, 9.17) is 11.0 Å². The quantitative estimate of drug-likeness (QED) is 0.798. The Morgan fingerprint density at radius 2 is 2.06 bits per heavy atom. The maximum Gasteiger partial charge on any atom is 0.246 e. The summed E-state index contributed by atoms with van der Waals surface area (Å²) in [4.78, 5) is 0. The first kappa shape index (κ1) is 13.3. The van der Waals surface area contributed by atoms with Crippen LogP contribution in [0.4, 0.5) is 11.4 Å². The van der Waals surface area contributed by atoms with Gasteiger partial charge in [0.05, 0.1) is 17.4 Å². The van der Waals surface area contributed by atoms with Crippen LogP contribution in [0.3, 0.4) is 0 Å². The molecule has 0 fully saturated rings. The number of hydrogen-bond donors (Lipinski definition) is 2. The molecule has 0 aliphatic rings. The molecule has 0 spiro atoms. The third-order valence-corrected chi connectivity index (χ3v) is 3.71.